The monoisotopic (exact) mass is 295 g/mol. The first kappa shape index (κ1) is 15.1. The van der Waals surface area contributed by atoms with Crippen LogP contribution in [0.3, 0.4) is 0 Å². The molecule has 1 aliphatic heterocycles. The summed E-state index contributed by atoms with van der Waals surface area (Å²) in [6, 6.07) is 8.20. The zero-order valence-corrected chi connectivity index (χ0v) is 12.8. The lowest BCUT2D eigenvalue weighted by molar-refractivity contribution is 0.480. The fourth-order valence-electron chi connectivity index (χ4n) is 2.69. The van der Waals surface area contributed by atoms with Crippen LogP contribution in [0.2, 0.25) is 0 Å². The smallest absolute Gasteiger partial charge is 0.264 e. The average molecular weight is 295 g/mol. The van der Waals surface area contributed by atoms with Crippen molar-refractivity contribution in [1.82, 2.24) is 0 Å². The maximum absolute atomic E-state index is 10.7. The summed E-state index contributed by atoms with van der Waals surface area (Å²) in [5.41, 5.74) is 3.33. The van der Waals surface area contributed by atoms with Crippen LogP contribution in [-0.2, 0) is 15.5 Å². The van der Waals surface area contributed by atoms with Gasteiger partial charge in [0.25, 0.3) is 10.1 Å². The molecule has 1 aliphatic rings. The number of rotatable bonds is 5. The Morgan fingerprint density at radius 1 is 1.25 bits per heavy atom. The van der Waals surface area contributed by atoms with E-state index in [0.29, 0.717) is 12.8 Å². The predicted octanol–water partition coefficient (Wildman–Crippen LogP) is 2.97. The van der Waals surface area contributed by atoms with Gasteiger partial charge in [0.05, 0.1) is 5.75 Å². The highest BCUT2D eigenvalue weighted by Crippen LogP contribution is 2.46. The molecule has 0 aliphatic carbocycles. The Labute approximate surface area is 120 Å². The molecular formula is C15H21NO3S. The second-order valence-electron chi connectivity index (χ2n) is 5.73. The van der Waals surface area contributed by atoms with Gasteiger partial charge in [0.1, 0.15) is 0 Å². The Morgan fingerprint density at radius 3 is 2.55 bits per heavy atom. The van der Waals surface area contributed by atoms with Gasteiger partial charge in [-0.3, -0.25) is 4.55 Å². The number of nitrogens with zero attached hydrogens (tertiary/aromatic N) is 1. The average Bonchev–Trinajstić information content (AvgIpc) is 2.54. The molecule has 0 amide bonds. The fraction of sp³-hybridized carbons (Fsp3) is 0.467. The van der Waals surface area contributed by atoms with E-state index in [0.717, 1.165) is 17.9 Å². The van der Waals surface area contributed by atoms with Gasteiger partial charge in [-0.1, -0.05) is 38.6 Å². The molecule has 0 radical (unpaired) electrons. The number of hydrogen-bond acceptors (Lipinski definition) is 3. The van der Waals surface area contributed by atoms with E-state index in [1.54, 1.807) is 0 Å². The van der Waals surface area contributed by atoms with Crippen LogP contribution in [0.15, 0.2) is 36.5 Å². The van der Waals surface area contributed by atoms with Crippen molar-refractivity contribution in [2.45, 2.75) is 32.1 Å². The van der Waals surface area contributed by atoms with E-state index < -0.39 is 10.1 Å². The molecule has 0 atom stereocenters. The number of unbranched alkanes of at least 4 members (excludes halogenated alkanes) is 1. The molecule has 0 saturated heterocycles. The molecule has 4 nitrogen and oxygen atoms in total. The third kappa shape index (κ3) is 2.88. The SMILES string of the molecule is C=C1N(CCCCS(=O)(=O)O)c2ccccc2C1(C)C. The molecule has 0 aromatic heterocycles. The van der Waals surface area contributed by atoms with Crippen molar-refractivity contribution in [3.63, 3.8) is 0 Å². The summed E-state index contributed by atoms with van der Waals surface area (Å²) in [6.45, 7) is 9.20. The van der Waals surface area contributed by atoms with E-state index in [4.69, 9.17) is 4.55 Å². The largest absolute Gasteiger partial charge is 0.345 e. The lowest BCUT2D eigenvalue weighted by Crippen LogP contribution is -2.26. The van der Waals surface area contributed by atoms with Crippen molar-refractivity contribution >= 4 is 15.8 Å². The predicted molar refractivity (Wildman–Crippen MR) is 81.6 cm³/mol. The number of anilines is 1. The number of fused-ring (bicyclic) bond motifs is 1. The molecule has 110 valence electrons. The van der Waals surface area contributed by atoms with Gasteiger partial charge in [-0.2, -0.15) is 8.42 Å². The van der Waals surface area contributed by atoms with Gasteiger partial charge in [-0.25, -0.2) is 0 Å². The van der Waals surface area contributed by atoms with Crippen molar-refractivity contribution in [3.05, 3.63) is 42.1 Å². The molecule has 20 heavy (non-hydrogen) atoms. The van der Waals surface area contributed by atoms with Crippen LogP contribution in [0.25, 0.3) is 0 Å². The third-order valence-electron chi connectivity index (χ3n) is 3.95. The Kier molecular flexibility index (Phi) is 3.93. The highest BCUT2D eigenvalue weighted by atomic mass is 32.2. The van der Waals surface area contributed by atoms with Gasteiger partial charge >= 0.3 is 0 Å². The second kappa shape index (κ2) is 5.22. The van der Waals surface area contributed by atoms with E-state index in [9.17, 15) is 8.42 Å². The first-order valence-electron chi connectivity index (χ1n) is 6.75. The molecular weight excluding hydrogens is 274 g/mol. The molecule has 0 fully saturated rings. The molecule has 0 saturated carbocycles. The minimum Gasteiger partial charge on any atom is -0.345 e. The molecule has 1 aromatic rings. The van der Waals surface area contributed by atoms with E-state index in [2.05, 4.69) is 37.5 Å². The first-order valence-corrected chi connectivity index (χ1v) is 8.36. The van der Waals surface area contributed by atoms with Gasteiger partial charge in [0.15, 0.2) is 0 Å². The molecule has 1 N–H and O–H groups in total. The van der Waals surface area contributed by atoms with E-state index in [1.165, 1.54) is 5.56 Å². The molecule has 5 heteroatoms. The summed E-state index contributed by atoms with van der Waals surface area (Å²) in [4.78, 5) is 2.15. The van der Waals surface area contributed by atoms with Crippen molar-refractivity contribution in [2.24, 2.45) is 0 Å². The van der Waals surface area contributed by atoms with Gasteiger partial charge < -0.3 is 4.90 Å². The summed E-state index contributed by atoms with van der Waals surface area (Å²) in [5, 5.41) is 0. The summed E-state index contributed by atoms with van der Waals surface area (Å²) in [6.07, 6.45) is 1.15. The molecule has 0 unspecified atom stereocenters. The Hall–Kier alpha value is -1.33. The van der Waals surface area contributed by atoms with Crippen LogP contribution in [0, 0.1) is 0 Å². The highest BCUT2D eigenvalue weighted by molar-refractivity contribution is 7.85. The van der Waals surface area contributed by atoms with Crippen molar-refractivity contribution in [1.29, 1.82) is 0 Å². The van der Waals surface area contributed by atoms with E-state index >= 15 is 0 Å². The standard InChI is InChI=1S/C15H21NO3S/c1-12-15(2,3)13-8-4-5-9-14(13)16(12)10-6-7-11-20(17,18)19/h4-5,8-9H,1,6-7,10-11H2,2-3H3,(H,17,18,19). The van der Waals surface area contributed by atoms with Gasteiger partial charge in [-0.05, 0) is 24.5 Å². The van der Waals surface area contributed by atoms with Crippen LogP contribution in [0.4, 0.5) is 5.69 Å². The van der Waals surface area contributed by atoms with Crippen LogP contribution in [0.1, 0.15) is 32.3 Å². The Morgan fingerprint density at radius 2 is 1.90 bits per heavy atom. The zero-order valence-electron chi connectivity index (χ0n) is 12.0. The lowest BCUT2D eigenvalue weighted by Gasteiger charge is -2.25. The Bertz CT molecular complexity index is 620. The van der Waals surface area contributed by atoms with Crippen molar-refractivity contribution in [2.75, 3.05) is 17.2 Å². The molecule has 0 bridgehead atoms. The summed E-state index contributed by atoms with van der Waals surface area (Å²) < 4.78 is 30.2. The van der Waals surface area contributed by atoms with Gasteiger partial charge in [0, 0.05) is 23.3 Å². The third-order valence-corrected chi connectivity index (χ3v) is 4.75. The highest BCUT2D eigenvalue weighted by Gasteiger charge is 2.38. The zero-order chi connectivity index (χ0) is 15.0. The molecule has 2 rings (SSSR count). The van der Waals surface area contributed by atoms with Gasteiger partial charge in [-0.15, -0.1) is 0 Å². The van der Waals surface area contributed by atoms with Crippen LogP contribution in [-0.4, -0.2) is 25.3 Å². The topological polar surface area (TPSA) is 57.6 Å². The van der Waals surface area contributed by atoms with Crippen LogP contribution in [0.5, 0.6) is 0 Å². The fourth-order valence-corrected chi connectivity index (χ4v) is 3.25. The summed E-state index contributed by atoms with van der Waals surface area (Å²) in [5.74, 6) is -0.182. The number of benzene rings is 1. The minimum atomic E-state index is -3.86. The number of allylic oxidation sites excluding steroid dienone is 1. The van der Waals surface area contributed by atoms with Gasteiger partial charge in [0.2, 0.25) is 0 Å². The molecule has 0 spiro atoms. The maximum atomic E-state index is 10.7. The van der Waals surface area contributed by atoms with Crippen molar-refractivity contribution in [3.8, 4) is 0 Å². The first-order chi connectivity index (χ1) is 9.23. The molecule has 1 heterocycles. The second-order valence-corrected chi connectivity index (χ2v) is 7.31. The summed E-state index contributed by atoms with van der Waals surface area (Å²) in [7, 11) is -3.86. The van der Waals surface area contributed by atoms with E-state index in [-0.39, 0.29) is 11.2 Å². The van der Waals surface area contributed by atoms with Crippen molar-refractivity contribution < 1.29 is 13.0 Å². The minimum absolute atomic E-state index is 0.0976. The van der Waals surface area contributed by atoms with E-state index in [1.807, 2.05) is 12.1 Å². The Balaban J connectivity index is 2.08. The lowest BCUT2D eigenvalue weighted by atomic mass is 9.84. The number of para-hydroxylation sites is 1. The maximum Gasteiger partial charge on any atom is 0.264 e. The normalized spacial score (nSPS) is 17.4. The van der Waals surface area contributed by atoms with Crippen LogP contribution < -0.4 is 4.90 Å². The number of hydrogen-bond donors (Lipinski definition) is 1. The quantitative estimate of drug-likeness (QED) is 0.670. The molecule has 1 aromatic carbocycles. The van der Waals surface area contributed by atoms with Crippen LogP contribution >= 0.6 is 0 Å². The summed E-state index contributed by atoms with van der Waals surface area (Å²) >= 11 is 0.